The van der Waals surface area contributed by atoms with Crippen molar-refractivity contribution in [2.75, 3.05) is 6.61 Å². The molecule has 0 spiro atoms. The van der Waals surface area contributed by atoms with E-state index in [1.807, 2.05) is 0 Å². The Kier molecular flexibility index (Phi) is 5.75. The Morgan fingerprint density at radius 1 is 1.55 bits per heavy atom. The molecule has 0 radical (unpaired) electrons. The molecule has 0 bridgehead atoms. The Bertz CT molecular complexity index is 505. The molecule has 1 aromatic rings. The fraction of sp³-hybridized carbons (Fsp3) is 0.500. The van der Waals surface area contributed by atoms with Crippen LogP contribution in [0.3, 0.4) is 0 Å². The second kappa shape index (κ2) is 6.89. The molecule has 1 aromatic heterocycles. The lowest BCUT2D eigenvalue weighted by molar-refractivity contribution is -0.391. The molecule has 0 unspecified atom stereocenters. The minimum absolute atomic E-state index is 0.164. The smallest absolute Gasteiger partial charge is 0.323 e. The van der Waals surface area contributed by atoms with Gasteiger partial charge in [0.2, 0.25) is 0 Å². The van der Waals surface area contributed by atoms with Crippen molar-refractivity contribution in [3.8, 4) is 0 Å². The predicted octanol–water partition coefficient (Wildman–Crippen LogP) is 0.247. The van der Waals surface area contributed by atoms with Gasteiger partial charge in [-0.3, -0.25) is 4.79 Å². The van der Waals surface area contributed by atoms with Crippen LogP contribution in [0.5, 0.6) is 0 Å². The van der Waals surface area contributed by atoms with Gasteiger partial charge in [-0.2, -0.15) is 0 Å². The zero-order valence-corrected chi connectivity index (χ0v) is 11.9. The van der Waals surface area contributed by atoms with Crippen LogP contribution in [0.4, 0.5) is 5.82 Å². The molecule has 3 N–H and O–H groups in total. The number of rotatable bonds is 6. The number of halogens is 2. The fourth-order valence-corrected chi connectivity index (χ4v) is 1.80. The van der Waals surface area contributed by atoms with Gasteiger partial charge in [0.15, 0.2) is 4.84 Å². The second-order valence-corrected chi connectivity index (χ2v) is 5.07. The predicted molar refractivity (Wildman–Crippen MR) is 71.5 cm³/mol. The van der Waals surface area contributed by atoms with E-state index in [9.17, 15) is 25.1 Å². The summed E-state index contributed by atoms with van der Waals surface area (Å²) in [6, 6.07) is 1.45. The molecule has 1 heterocycles. The van der Waals surface area contributed by atoms with Gasteiger partial charge < -0.3 is 25.6 Å². The zero-order valence-electron chi connectivity index (χ0n) is 10.4. The molecule has 112 valence electrons. The highest BCUT2D eigenvalue weighted by Crippen LogP contribution is 2.23. The minimum atomic E-state index is -1.35. The molecule has 10 heteroatoms. The largest absolute Gasteiger partial charge is 0.394 e. The number of nitrogens with one attached hydrogen (secondary N) is 1. The first-order valence-corrected chi connectivity index (χ1v) is 6.34. The number of hydrogen-bond donors (Lipinski definition) is 3. The first-order chi connectivity index (χ1) is 9.29. The zero-order chi connectivity index (χ0) is 15.4. The Morgan fingerprint density at radius 3 is 2.55 bits per heavy atom. The van der Waals surface area contributed by atoms with Gasteiger partial charge in [-0.15, -0.1) is 0 Å². The van der Waals surface area contributed by atoms with Gasteiger partial charge in [0.1, 0.15) is 11.8 Å². The van der Waals surface area contributed by atoms with E-state index in [0.29, 0.717) is 0 Å². The van der Waals surface area contributed by atoms with Crippen molar-refractivity contribution in [3.63, 3.8) is 0 Å². The Hall–Kier alpha value is -1.35. The van der Waals surface area contributed by atoms with Gasteiger partial charge in [0.25, 0.3) is 5.91 Å². The molecule has 0 fully saturated rings. The lowest BCUT2D eigenvalue weighted by Crippen LogP contribution is -2.44. The molecule has 20 heavy (non-hydrogen) atoms. The molecule has 2 atom stereocenters. The van der Waals surface area contributed by atoms with Crippen molar-refractivity contribution in [2.45, 2.75) is 17.0 Å². The summed E-state index contributed by atoms with van der Waals surface area (Å²) in [5.41, 5.74) is 0.164. The molecule has 0 aliphatic heterocycles. The first-order valence-electron chi connectivity index (χ1n) is 5.47. The number of carbonyl (C=O) groups excluding carboxylic acids is 1. The molecule has 0 aliphatic carbocycles. The van der Waals surface area contributed by atoms with Crippen molar-refractivity contribution < 1.29 is 19.9 Å². The number of aromatic nitrogens is 1. The summed E-state index contributed by atoms with van der Waals surface area (Å²) in [4.78, 5) is 20.1. The van der Waals surface area contributed by atoms with E-state index < -0.39 is 34.4 Å². The number of alkyl halides is 2. The van der Waals surface area contributed by atoms with E-state index in [2.05, 4.69) is 5.32 Å². The lowest BCUT2D eigenvalue weighted by atomic mass is 10.1. The topological polar surface area (TPSA) is 118 Å². The normalized spacial score (nSPS) is 14.1. The summed E-state index contributed by atoms with van der Waals surface area (Å²) in [7, 11) is 1.39. The van der Waals surface area contributed by atoms with Crippen LogP contribution in [0, 0.1) is 10.1 Å². The highest BCUT2D eigenvalue weighted by molar-refractivity contribution is 6.53. The molecule has 0 aromatic carbocycles. The number of hydrogen-bond acceptors (Lipinski definition) is 5. The summed E-state index contributed by atoms with van der Waals surface area (Å²) in [5, 5.41) is 32.2. The summed E-state index contributed by atoms with van der Waals surface area (Å²) in [6.45, 7) is -0.591. The van der Waals surface area contributed by atoms with Gasteiger partial charge in [-0.25, -0.2) is 4.57 Å². The van der Waals surface area contributed by atoms with Crippen molar-refractivity contribution >= 4 is 34.9 Å². The number of aliphatic hydroxyl groups excluding tert-OH is 2. The highest BCUT2D eigenvalue weighted by atomic mass is 35.5. The third-order valence-electron chi connectivity index (χ3n) is 2.73. The van der Waals surface area contributed by atoms with Crippen LogP contribution in [-0.2, 0) is 11.8 Å². The number of nitro groups is 1. The Balaban J connectivity index is 2.94. The summed E-state index contributed by atoms with van der Waals surface area (Å²) in [6.07, 6.45) is -1.35. The van der Waals surface area contributed by atoms with E-state index >= 15 is 0 Å². The first kappa shape index (κ1) is 16.7. The van der Waals surface area contributed by atoms with E-state index in [1.54, 1.807) is 0 Å². The molecular weight excluding hydrogens is 313 g/mol. The van der Waals surface area contributed by atoms with Gasteiger partial charge in [-0.1, -0.05) is 23.2 Å². The van der Waals surface area contributed by atoms with Gasteiger partial charge >= 0.3 is 5.82 Å². The van der Waals surface area contributed by atoms with Crippen LogP contribution in [-0.4, -0.2) is 43.1 Å². The van der Waals surface area contributed by atoms with Crippen LogP contribution in [0.25, 0.3) is 0 Å². The third-order valence-corrected chi connectivity index (χ3v) is 3.12. The van der Waals surface area contributed by atoms with E-state index in [1.165, 1.54) is 19.2 Å². The monoisotopic (exact) mass is 325 g/mol. The van der Waals surface area contributed by atoms with Gasteiger partial charge in [-0.05, 0) is 11.0 Å². The molecule has 1 amide bonds. The summed E-state index contributed by atoms with van der Waals surface area (Å²) in [5.74, 6) is -1.01. The third kappa shape index (κ3) is 3.60. The van der Waals surface area contributed by atoms with Gasteiger partial charge in [0.05, 0.1) is 19.7 Å². The average molecular weight is 326 g/mol. The maximum atomic E-state index is 11.3. The minimum Gasteiger partial charge on any atom is -0.394 e. The van der Waals surface area contributed by atoms with E-state index in [0.717, 1.165) is 4.57 Å². The van der Waals surface area contributed by atoms with Crippen LogP contribution in [0.2, 0.25) is 0 Å². The fourth-order valence-electron chi connectivity index (χ4n) is 1.67. The van der Waals surface area contributed by atoms with Crippen LogP contribution < -0.4 is 5.32 Å². The molecule has 0 aliphatic rings. The number of nitrogens with zero attached hydrogens (tertiary/aromatic N) is 2. The van der Waals surface area contributed by atoms with Gasteiger partial charge in [0, 0.05) is 6.07 Å². The maximum Gasteiger partial charge on any atom is 0.323 e. The SMILES string of the molecule is Cn1c([C@@H](O)[C@@H](CO)NC(=O)C(Cl)Cl)ccc1[N+](=O)[O-]. The van der Waals surface area contributed by atoms with E-state index in [-0.39, 0.29) is 11.5 Å². The van der Waals surface area contributed by atoms with Crippen molar-refractivity contribution in [1.82, 2.24) is 9.88 Å². The number of amides is 1. The highest BCUT2D eigenvalue weighted by Gasteiger charge is 2.29. The molecule has 0 saturated heterocycles. The second-order valence-electron chi connectivity index (χ2n) is 3.98. The van der Waals surface area contributed by atoms with E-state index in [4.69, 9.17) is 23.2 Å². The Morgan fingerprint density at radius 2 is 2.15 bits per heavy atom. The standard InChI is InChI=1S/C10H13Cl2N3O5/c1-14-6(2-3-7(14)15(19)20)8(17)5(4-16)13-10(18)9(11)12/h2-3,5,8-9,16-17H,4H2,1H3,(H,13,18)/t5-,8+/m1/s1. The molecular formula is C10H13Cl2N3O5. The maximum absolute atomic E-state index is 11.3. The Labute approximate surface area is 124 Å². The van der Waals surface area contributed by atoms with Crippen LogP contribution in [0.15, 0.2) is 12.1 Å². The van der Waals surface area contributed by atoms with Crippen LogP contribution in [0.1, 0.15) is 11.8 Å². The molecule has 8 nitrogen and oxygen atoms in total. The van der Waals surface area contributed by atoms with Crippen molar-refractivity contribution in [1.29, 1.82) is 0 Å². The molecule has 1 rings (SSSR count). The summed E-state index contributed by atoms with van der Waals surface area (Å²) >= 11 is 10.7. The summed E-state index contributed by atoms with van der Waals surface area (Å²) < 4.78 is 1.15. The number of aliphatic hydroxyl groups is 2. The lowest BCUT2D eigenvalue weighted by Gasteiger charge is -2.21. The number of carbonyl (C=O) groups is 1. The van der Waals surface area contributed by atoms with Crippen molar-refractivity contribution in [2.24, 2.45) is 7.05 Å². The molecule has 0 saturated carbocycles. The van der Waals surface area contributed by atoms with Crippen LogP contribution >= 0.6 is 23.2 Å². The van der Waals surface area contributed by atoms with Crippen molar-refractivity contribution in [3.05, 3.63) is 27.9 Å². The quantitative estimate of drug-likeness (QED) is 0.393. The average Bonchev–Trinajstić information content (AvgIpc) is 2.76.